The molecule has 0 aliphatic heterocycles. The monoisotopic (exact) mass is 237 g/mol. The fraction of sp³-hybridized carbons (Fsp3) is 0.455. The molecule has 1 aromatic heterocycles. The van der Waals surface area contributed by atoms with E-state index in [1.165, 1.54) is 18.7 Å². The first kappa shape index (κ1) is 13.1. The van der Waals surface area contributed by atoms with E-state index < -0.39 is 12.0 Å². The van der Waals surface area contributed by atoms with Crippen LogP contribution in [0.2, 0.25) is 0 Å². The van der Waals surface area contributed by atoms with Gasteiger partial charge in [0, 0.05) is 18.4 Å². The summed E-state index contributed by atoms with van der Waals surface area (Å²) < 4.78 is 0. The molecule has 0 bridgehead atoms. The lowest BCUT2D eigenvalue weighted by molar-refractivity contribution is -0.137. The molecule has 1 amide bonds. The van der Waals surface area contributed by atoms with Gasteiger partial charge in [0.05, 0.1) is 12.0 Å². The maximum atomic E-state index is 11.8. The zero-order chi connectivity index (χ0) is 12.8. The van der Waals surface area contributed by atoms with Crippen molar-refractivity contribution in [1.29, 1.82) is 0 Å². The first-order valence-corrected chi connectivity index (χ1v) is 5.28. The summed E-state index contributed by atoms with van der Waals surface area (Å²) in [5.41, 5.74) is 0.323. The Balaban J connectivity index is 2.68. The fourth-order valence-corrected chi connectivity index (χ4v) is 1.31. The van der Waals surface area contributed by atoms with Gasteiger partial charge in [-0.2, -0.15) is 0 Å². The molecule has 1 atom stereocenters. The van der Waals surface area contributed by atoms with E-state index in [0.717, 1.165) is 0 Å². The molecule has 17 heavy (non-hydrogen) atoms. The van der Waals surface area contributed by atoms with Crippen molar-refractivity contribution in [3.63, 3.8) is 0 Å². The van der Waals surface area contributed by atoms with Crippen molar-refractivity contribution in [2.75, 3.05) is 0 Å². The molecule has 1 heterocycles. The summed E-state index contributed by atoms with van der Waals surface area (Å²) in [6, 6.07) is -0.403. The number of nitrogens with zero attached hydrogens (tertiary/aromatic N) is 2. The number of hydrogen-bond acceptors (Lipinski definition) is 4. The van der Waals surface area contributed by atoms with E-state index in [-0.39, 0.29) is 18.2 Å². The van der Waals surface area contributed by atoms with Crippen LogP contribution in [0.3, 0.4) is 0 Å². The molecule has 92 valence electrons. The molecule has 0 fully saturated rings. The zero-order valence-electron chi connectivity index (χ0n) is 9.75. The number of carboxylic acid groups (broad SMARTS) is 1. The minimum absolute atomic E-state index is 0.0414. The van der Waals surface area contributed by atoms with E-state index >= 15 is 0 Å². The predicted octanol–water partition coefficient (Wildman–Crippen LogP) is 0.706. The molecule has 1 unspecified atom stereocenters. The highest BCUT2D eigenvalue weighted by Gasteiger charge is 2.20. The highest BCUT2D eigenvalue weighted by molar-refractivity contribution is 5.93. The maximum absolute atomic E-state index is 11.8. The smallest absolute Gasteiger partial charge is 0.305 e. The van der Waals surface area contributed by atoms with E-state index in [0.29, 0.717) is 5.56 Å². The average molecular weight is 237 g/mol. The van der Waals surface area contributed by atoms with Gasteiger partial charge in [-0.25, -0.2) is 9.97 Å². The van der Waals surface area contributed by atoms with Crippen molar-refractivity contribution in [3.8, 4) is 0 Å². The highest BCUT2D eigenvalue weighted by atomic mass is 16.4. The van der Waals surface area contributed by atoms with Gasteiger partial charge in [0.15, 0.2) is 0 Å². The van der Waals surface area contributed by atoms with Crippen molar-refractivity contribution < 1.29 is 14.7 Å². The average Bonchev–Trinajstić information content (AvgIpc) is 2.28. The van der Waals surface area contributed by atoms with Gasteiger partial charge in [0.2, 0.25) is 0 Å². The van der Waals surface area contributed by atoms with E-state index in [4.69, 9.17) is 5.11 Å². The molecule has 0 spiro atoms. The Morgan fingerprint density at radius 1 is 1.35 bits per heavy atom. The normalized spacial score (nSPS) is 12.2. The standard InChI is InChI=1S/C11H15N3O3/c1-7(2)9(3-10(15)16)14-11(17)8-4-12-6-13-5-8/h4-7,9H,3H2,1-2H3,(H,14,17)(H,15,16). The second kappa shape index (κ2) is 5.93. The molecular weight excluding hydrogens is 222 g/mol. The molecule has 6 heteroatoms. The van der Waals surface area contributed by atoms with Crippen LogP contribution in [0.25, 0.3) is 0 Å². The molecule has 6 nitrogen and oxygen atoms in total. The first-order valence-electron chi connectivity index (χ1n) is 5.28. The van der Waals surface area contributed by atoms with Crippen LogP contribution in [0.1, 0.15) is 30.6 Å². The number of carbonyl (C=O) groups excluding carboxylic acids is 1. The number of aromatic nitrogens is 2. The SMILES string of the molecule is CC(C)C(CC(=O)O)NC(=O)c1cncnc1. The Labute approximate surface area is 99.1 Å². The number of hydrogen-bond donors (Lipinski definition) is 2. The third-order valence-electron chi connectivity index (χ3n) is 2.34. The van der Waals surface area contributed by atoms with E-state index in [2.05, 4.69) is 15.3 Å². The van der Waals surface area contributed by atoms with Crippen LogP contribution >= 0.6 is 0 Å². The number of rotatable bonds is 5. The van der Waals surface area contributed by atoms with Gasteiger partial charge in [-0.3, -0.25) is 9.59 Å². The van der Waals surface area contributed by atoms with Crippen LogP contribution in [0, 0.1) is 5.92 Å². The summed E-state index contributed by atoms with van der Waals surface area (Å²) in [4.78, 5) is 29.9. The number of aliphatic carboxylic acids is 1. The third kappa shape index (κ3) is 4.18. The third-order valence-corrected chi connectivity index (χ3v) is 2.34. The molecule has 1 aromatic rings. The second-order valence-corrected chi connectivity index (χ2v) is 4.05. The largest absolute Gasteiger partial charge is 0.481 e. The predicted molar refractivity (Wildman–Crippen MR) is 60.4 cm³/mol. The number of nitrogens with one attached hydrogen (secondary N) is 1. The summed E-state index contributed by atoms with van der Waals surface area (Å²) in [6.07, 6.45) is 4.01. The molecule has 0 aliphatic rings. The van der Waals surface area contributed by atoms with Gasteiger partial charge >= 0.3 is 5.97 Å². The zero-order valence-corrected chi connectivity index (χ0v) is 9.75. The molecule has 0 aliphatic carbocycles. The number of carboxylic acids is 1. The van der Waals surface area contributed by atoms with Gasteiger partial charge in [0.1, 0.15) is 6.33 Å². The first-order chi connectivity index (χ1) is 8.00. The Morgan fingerprint density at radius 3 is 2.41 bits per heavy atom. The van der Waals surface area contributed by atoms with Gasteiger partial charge in [-0.15, -0.1) is 0 Å². The second-order valence-electron chi connectivity index (χ2n) is 4.05. The van der Waals surface area contributed by atoms with Crippen LogP contribution in [0.15, 0.2) is 18.7 Å². The molecule has 0 radical (unpaired) electrons. The Bertz CT molecular complexity index is 392. The van der Waals surface area contributed by atoms with Crippen LogP contribution in [0.5, 0.6) is 0 Å². The maximum Gasteiger partial charge on any atom is 0.305 e. The molecule has 0 saturated heterocycles. The van der Waals surface area contributed by atoms with E-state index in [9.17, 15) is 9.59 Å². The lowest BCUT2D eigenvalue weighted by Gasteiger charge is -2.20. The molecule has 0 aromatic carbocycles. The van der Waals surface area contributed by atoms with E-state index in [1.807, 2.05) is 13.8 Å². The van der Waals surface area contributed by atoms with Crippen molar-refractivity contribution in [3.05, 3.63) is 24.3 Å². The van der Waals surface area contributed by atoms with Crippen LogP contribution in [-0.2, 0) is 4.79 Å². The van der Waals surface area contributed by atoms with Gasteiger partial charge in [-0.1, -0.05) is 13.8 Å². The molecule has 0 saturated carbocycles. The van der Waals surface area contributed by atoms with Gasteiger partial charge < -0.3 is 10.4 Å². The van der Waals surface area contributed by atoms with Crippen LogP contribution in [0.4, 0.5) is 0 Å². The Morgan fingerprint density at radius 2 is 1.94 bits per heavy atom. The summed E-state index contributed by atoms with van der Waals surface area (Å²) in [6.45, 7) is 3.71. The summed E-state index contributed by atoms with van der Waals surface area (Å²) >= 11 is 0. The Hall–Kier alpha value is -1.98. The Kier molecular flexibility index (Phi) is 4.56. The number of carbonyl (C=O) groups is 2. The van der Waals surface area contributed by atoms with Crippen LogP contribution in [-0.4, -0.2) is 33.0 Å². The summed E-state index contributed by atoms with van der Waals surface area (Å²) in [5.74, 6) is -1.25. The molecule has 2 N–H and O–H groups in total. The van der Waals surface area contributed by atoms with Gasteiger partial charge in [0.25, 0.3) is 5.91 Å². The lowest BCUT2D eigenvalue weighted by atomic mass is 10.0. The summed E-state index contributed by atoms with van der Waals surface area (Å²) in [5, 5.41) is 11.4. The minimum atomic E-state index is -0.937. The quantitative estimate of drug-likeness (QED) is 0.786. The van der Waals surface area contributed by atoms with Gasteiger partial charge in [-0.05, 0) is 5.92 Å². The topological polar surface area (TPSA) is 92.2 Å². The minimum Gasteiger partial charge on any atom is -0.481 e. The van der Waals surface area contributed by atoms with Crippen LogP contribution < -0.4 is 5.32 Å². The van der Waals surface area contributed by atoms with Crippen molar-refractivity contribution in [1.82, 2.24) is 15.3 Å². The van der Waals surface area contributed by atoms with Crippen molar-refractivity contribution in [2.24, 2.45) is 5.92 Å². The highest BCUT2D eigenvalue weighted by Crippen LogP contribution is 2.07. The van der Waals surface area contributed by atoms with Crippen molar-refractivity contribution >= 4 is 11.9 Å². The van der Waals surface area contributed by atoms with E-state index in [1.54, 1.807) is 0 Å². The molecule has 1 rings (SSSR count). The fourth-order valence-electron chi connectivity index (χ4n) is 1.31. The molecular formula is C11H15N3O3. The van der Waals surface area contributed by atoms with Crippen molar-refractivity contribution in [2.45, 2.75) is 26.3 Å². The number of amides is 1. The summed E-state index contributed by atoms with van der Waals surface area (Å²) in [7, 11) is 0. The lowest BCUT2D eigenvalue weighted by Crippen LogP contribution is -2.40.